The van der Waals surface area contributed by atoms with Gasteiger partial charge in [-0.15, -0.1) is 0 Å². The van der Waals surface area contributed by atoms with Gasteiger partial charge in [-0.25, -0.2) is 0 Å². The molecular formula is C18H14F3NO3. The SMILES string of the molecule is O=C(Nc1ccccc1OCC(F)(F)F)C1=Cc2ccccc2OC1. The molecule has 1 aliphatic heterocycles. The van der Waals surface area contributed by atoms with Crippen LogP contribution in [0, 0.1) is 0 Å². The fourth-order valence-corrected chi connectivity index (χ4v) is 2.31. The number of carbonyl (C=O) groups excluding carboxylic acids is 1. The van der Waals surface area contributed by atoms with E-state index in [1.807, 2.05) is 18.2 Å². The number of halogens is 3. The molecule has 0 saturated heterocycles. The van der Waals surface area contributed by atoms with Crippen molar-refractivity contribution in [3.05, 3.63) is 59.7 Å². The van der Waals surface area contributed by atoms with E-state index in [0.717, 1.165) is 5.56 Å². The van der Waals surface area contributed by atoms with Gasteiger partial charge in [0.2, 0.25) is 0 Å². The Labute approximate surface area is 141 Å². The molecule has 3 rings (SSSR count). The molecule has 0 saturated carbocycles. The minimum Gasteiger partial charge on any atom is -0.488 e. The van der Waals surface area contributed by atoms with Crippen LogP contribution in [0.15, 0.2) is 54.1 Å². The second-order valence-corrected chi connectivity index (χ2v) is 5.35. The fourth-order valence-electron chi connectivity index (χ4n) is 2.31. The summed E-state index contributed by atoms with van der Waals surface area (Å²) in [6.45, 7) is -1.35. The number of ether oxygens (including phenoxy) is 2. The van der Waals surface area contributed by atoms with Gasteiger partial charge >= 0.3 is 6.18 Å². The molecule has 0 radical (unpaired) electrons. The van der Waals surface area contributed by atoms with Crippen molar-refractivity contribution in [1.29, 1.82) is 0 Å². The Bertz CT molecular complexity index is 815. The van der Waals surface area contributed by atoms with E-state index in [-0.39, 0.29) is 18.0 Å². The highest BCUT2D eigenvalue weighted by Crippen LogP contribution is 2.29. The molecule has 2 aromatic rings. The first-order valence-corrected chi connectivity index (χ1v) is 7.45. The van der Waals surface area contributed by atoms with Gasteiger partial charge in [0.05, 0.1) is 11.3 Å². The molecule has 0 aromatic heterocycles. The van der Waals surface area contributed by atoms with Crippen molar-refractivity contribution in [2.24, 2.45) is 0 Å². The molecule has 1 N–H and O–H groups in total. The highest BCUT2D eigenvalue weighted by atomic mass is 19.4. The van der Waals surface area contributed by atoms with Crippen molar-refractivity contribution < 1.29 is 27.4 Å². The van der Waals surface area contributed by atoms with Crippen molar-refractivity contribution in [3.8, 4) is 11.5 Å². The fraction of sp³-hybridized carbons (Fsp3) is 0.167. The first-order valence-electron chi connectivity index (χ1n) is 7.45. The molecule has 1 heterocycles. The van der Waals surface area contributed by atoms with Crippen molar-refractivity contribution in [2.75, 3.05) is 18.5 Å². The zero-order valence-electron chi connectivity index (χ0n) is 13.0. The lowest BCUT2D eigenvalue weighted by Gasteiger charge is -2.18. The summed E-state index contributed by atoms with van der Waals surface area (Å²) in [5, 5.41) is 2.57. The maximum Gasteiger partial charge on any atom is 0.422 e. The largest absolute Gasteiger partial charge is 0.488 e. The van der Waals surface area contributed by atoms with Crippen molar-refractivity contribution in [2.45, 2.75) is 6.18 Å². The number of carbonyl (C=O) groups is 1. The first-order chi connectivity index (χ1) is 11.9. The Morgan fingerprint density at radius 1 is 1.12 bits per heavy atom. The van der Waals surface area contributed by atoms with Crippen LogP contribution in [0.4, 0.5) is 18.9 Å². The average molecular weight is 349 g/mol. The Hall–Kier alpha value is -2.96. The molecule has 0 atom stereocenters. The van der Waals surface area contributed by atoms with E-state index in [0.29, 0.717) is 11.3 Å². The first kappa shape index (κ1) is 16.9. The zero-order chi connectivity index (χ0) is 17.9. The van der Waals surface area contributed by atoms with Gasteiger partial charge in [0.25, 0.3) is 5.91 Å². The van der Waals surface area contributed by atoms with E-state index in [4.69, 9.17) is 9.47 Å². The third-order valence-electron chi connectivity index (χ3n) is 3.45. The van der Waals surface area contributed by atoms with E-state index >= 15 is 0 Å². The number of anilines is 1. The van der Waals surface area contributed by atoms with Crippen LogP contribution in [0.2, 0.25) is 0 Å². The van der Waals surface area contributed by atoms with Gasteiger partial charge in [-0.3, -0.25) is 4.79 Å². The van der Waals surface area contributed by atoms with Crippen molar-refractivity contribution in [1.82, 2.24) is 0 Å². The number of nitrogens with one attached hydrogen (secondary N) is 1. The summed E-state index contributed by atoms with van der Waals surface area (Å²) in [5.41, 5.74) is 1.29. The zero-order valence-corrected chi connectivity index (χ0v) is 13.0. The summed E-state index contributed by atoms with van der Waals surface area (Å²) in [6.07, 6.45) is -2.77. The van der Waals surface area contributed by atoms with Crippen LogP contribution in [0.1, 0.15) is 5.56 Å². The summed E-state index contributed by atoms with van der Waals surface area (Å²) in [5.74, 6) is 0.163. The van der Waals surface area contributed by atoms with E-state index in [1.165, 1.54) is 18.2 Å². The lowest BCUT2D eigenvalue weighted by Crippen LogP contribution is -2.23. The average Bonchev–Trinajstić information content (AvgIpc) is 2.60. The molecule has 0 aliphatic carbocycles. The smallest absolute Gasteiger partial charge is 0.422 e. The summed E-state index contributed by atoms with van der Waals surface area (Å²) in [4.78, 5) is 12.4. The maximum atomic E-state index is 12.4. The number of benzene rings is 2. The van der Waals surface area contributed by atoms with E-state index in [1.54, 1.807) is 18.2 Å². The van der Waals surface area contributed by atoms with Gasteiger partial charge < -0.3 is 14.8 Å². The molecule has 25 heavy (non-hydrogen) atoms. The lowest BCUT2D eigenvalue weighted by atomic mass is 10.1. The number of para-hydroxylation sites is 3. The molecule has 7 heteroatoms. The standard InChI is InChI=1S/C18H14F3NO3/c19-18(20,21)11-25-16-8-4-2-6-14(16)22-17(23)13-9-12-5-1-3-7-15(12)24-10-13/h1-9H,10-11H2,(H,22,23). The van der Waals surface area contributed by atoms with Crippen LogP contribution >= 0.6 is 0 Å². The predicted octanol–water partition coefficient (Wildman–Crippen LogP) is 4.04. The van der Waals surface area contributed by atoms with Crippen LogP contribution in [0.5, 0.6) is 11.5 Å². The highest BCUT2D eigenvalue weighted by molar-refractivity contribution is 6.08. The van der Waals surface area contributed by atoms with E-state index in [2.05, 4.69) is 5.32 Å². The number of alkyl halides is 3. The number of rotatable bonds is 4. The summed E-state index contributed by atoms with van der Waals surface area (Å²) in [6, 6.07) is 13.2. The van der Waals surface area contributed by atoms with Gasteiger partial charge in [0, 0.05) is 5.56 Å². The van der Waals surface area contributed by atoms with Crippen LogP contribution in [0.3, 0.4) is 0 Å². The third kappa shape index (κ3) is 4.32. The summed E-state index contributed by atoms with van der Waals surface area (Å²) in [7, 11) is 0. The lowest BCUT2D eigenvalue weighted by molar-refractivity contribution is -0.153. The summed E-state index contributed by atoms with van der Waals surface area (Å²) >= 11 is 0. The molecule has 0 unspecified atom stereocenters. The number of hydrogen-bond acceptors (Lipinski definition) is 3. The van der Waals surface area contributed by atoms with Gasteiger partial charge in [0.15, 0.2) is 6.61 Å². The molecule has 0 fully saturated rings. The number of hydrogen-bond donors (Lipinski definition) is 1. The Balaban J connectivity index is 1.75. The van der Waals surface area contributed by atoms with E-state index < -0.39 is 18.7 Å². The normalized spacial score (nSPS) is 13.3. The molecule has 130 valence electrons. The Kier molecular flexibility index (Phi) is 4.65. The monoisotopic (exact) mass is 349 g/mol. The number of fused-ring (bicyclic) bond motifs is 1. The molecule has 1 amide bonds. The van der Waals surface area contributed by atoms with Crippen LogP contribution in [-0.2, 0) is 4.79 Å². The van der Waals surface area contributed by atoms with Gasteiger partial charge in [0.1, 0.15) is 18.1 Å². The predicted molar refractivity (Wildman–Crippen MR) is 86.5 cm³/mol. The quantitative estimate of drug-likeness (QED) is 0.906. The summed E-state index contributed by atoms with van der Waals surface area (Å²) < 4.78 is 47.3. The molecule has 1 aliphatic rings. The van der Waals surface area contributed by atoms with Gasteiger partial charge in [-0.2, -0.15) is 13.2 Å². The van der Waals surface area contributed by atoms with Crippen LogP contribution < -0.4 is 14.8 Å². The topological polar surface area (TPSA) is 47.6 Å². The number of amides is 1. The third-order valence-corrected chi connectivity index (χ3v) is 3.45. The Morgan fingerprint density at radius 2 is 1.84 bits per heavy atom. The highest BCUT2D eigenvalue weighted by Gasteiger charge is 2.29. The molecular weight excluding hydrogens is 335 g/mol. The minimum atomic E-state index is -4.46. The molecule has 4 nitrogen and oxygen atoms in total. The molecule has 0 spiro atoms. The van der Waals surface area contributed by atoms with Crippen molar-refractivity contribution in [3.63, 3.8) is 0 Å². The van der Waals surface area contributed by atoms with Crippen LogP contribution in [-0.4, -0.2) is 25.3 Å². The van der Waals surface area contributed by atoms with Crippen molar-refractivity contribution >= 4 is 17.7 Å². The minimum absolute atomic E-state index is 0.0501. The Morgan fingerprint density at radius 3 is 2.64 bits per heavy atom. The maximum absolute atomic E-state index is 12.4. The second-order valence-electron chi connectivity index (χ2n) is 5.35. The van der Waals surface area contributed by atoms with Crippen LogP contribution in [0.25, 0.3) is 6.08 Å². The molecule has 0 bridgehead atoms. The second kappa shape index (κ2) is 6.88. The van der Waals surface area contributed by atoms with Gasteiger partial charge in [-0.05, 0) is 24.3 Å². The van der Waals surface area contributed by atoms with E-state index in [9.17, 15) is 18.0 Å². The van der Waals surface area contributed by atoms with Gasteiger partial charge in [-0.1, -0.05) is 30.3 Å². The molecule has 2 aromatic carbocycles.